The molecule has 1 aliphatic rings. The molecule has 0 saturated heterocycles. The molecule has 4 nitrogen and oxygen atoms in total. The van der Waals surface area contributed by atoms with Crippen molar-refractivity contribution in [3.63, 3.8) is 0 Å². The number of nitrogens with one attached hydrogen (secondary N) is 2. The normalized spacial score (nSPS) is 20.7. The zero-order chi connectivity index (χ0) is 14.8. The Morgan fingerprint density at radius 2 is 2.25 bits per heavy atom. The lowest BCUT2D eigenvalue weighted by Gasteiger charge is -2.18. The molecule has 2 N–H and O–H groups in total. The number of carbonyl (C=O) groups is 1. The van der Waals surface area contributed by atoms with Crippen LogP contribution in [0.15, 0.2) is 12.1 Å². The van der Waals surface area contributed by atoms with Crippen LogP contribution in [0.5, 0.6) is 0 Å². The third-order valence-corrected chi connectivity index (χ3v) is 3.91. The standard InChI is InChI=1S/C15H22ClN3O/c1-4-17-13-8-10(7-12(16)19-13)14(20)18-11-5-6-15(2,3)9-11/h7-8,11H,4-6,9H2,1-3H3,(H,17,19)(H,18,20). The van der Waals surface area contributed by atoms with Gasteiger partial charge in [-0.3, -0.25) is 4.79 Å². The first kappa shape index (κ1) is 15.1. The van der Waals surface area contributed by atoms with E-state index in [-0.39, 0.29) is 11.9 Å². The molecule has 0 bridgehead atoms. The third kappa shape index (κ3) is 3.85. The Balaban J connectivity index is 2.05. The number of nitrogens with zero attached hydrogens (tertiary/aromatic N) is 1. The largest absolute Gasteiger partial charge is 0.370 e. The van der Waals surface area contributed by atoms with Gasteiger partial charge in [-0.05, 0) is 43.7 Å². The van der Waals surface area contributed by atoms with Crippen molar-refractivity contribution < 1.29 is 4.79 Å². The molecule has 2 rings (SSSR count). The van der Waals surface area contributed by atoms with E-state index in [0.29, 0.717) is 21.9 Å². The molecule has 1 aliphatic carbocycles. The predicted molar refractivity (Wildman–Crippen MR) is 82.3 cm³/mol. The smallest absolute Gasteiger partial charge is 0.251 e. The molecule has 0 radical (unpaired) electrons. The third-order valence-electron chi connectivity index (χ3n) is 3.72. The molecular formula is C15H22ClN3O. The lowest BCUT2D eigenvalue weighted by molar-refractivity contribution is 0.0936. The van der Waals surface area contributed by atoms with Crippen LogP contribution in [0.2, 0.25) is 5.15 Å². The van der Waals surface area contributed by atoms with E-state index in [0.717, 1.165) is 25.8 Å². The predicted octanol–water partition coefficient (Wildman–Crippen LogP) is 3.48. The van der Waals surface area contributed by atoms with Crippen LogP contribution < -0.4 is 10.6 Å². The fraction of sp³-hybridized carbons (Fsp3) is 0.600. The molecule has 1 saturated carbocycles. The summed E-state index contributed by atoms with van der Waals surface area (Å²) in [5, 5.41) is 6.50. The summed E-state index contributed by atoms with van der Waals surface area (Å²) in [5.41, 5.74) is 0.883. The average molecular weight is 296 g/mol. The number of pyridine rings is 1. The zero-order valence-electron chi connectivity index (χ0n) is 12.3. The molecule has 1 atom stereocenters. The Kier molecular flexibility index (Phi) is 4.53. The highest BCUT2D eigenvalue weighted by molar-refractivity contribution is 6.29. The number of anilines is 1. The van der Waals surface area contributed by atoms with Crippen molar-refractivity contribution >= 4 is 23.3 Å². The van der Waals surface area contributed by atoms with Gasteiger partial charge in [-0.1, -0.05) is 25.4 Å². The molecule has 0 spiro atoms. The minimum absolute atomic E-state index is 0.0730. The average Bonchev–Trinajstić information content (AvgIpc) is 2.68. The van der Waals surface area contributed by atoms with Crippen molar-refractivity contribution in [2.75, 3.05) is 11.9 Å². The Labute approximate surface area is 125 Å². The summed E-state index contributed by atoms with van der Waals surface area (Å²) in [5.74, 6) is 0.563. The molecule has 1 aromatic heterocycles. The van der Waals surface area contributed by atoms with Crippen molar-refractivity contribution in [2.24, 2.45) is 5.41 Å². The SMILES string of the molecule is CCNc1cc(C(=O)NC2CCC(C)(C)C2)cc(Cl)n1. The van der Waals surface area contributed by atoms with E-state index in [1.54, 1.807) is 12.1 Å². The van der Waals surface area contributed by atoms with Gasteiger partial charge in [0.2, 0.25) is 0 Å². The lowest BCUT2D eigenvalue weighted by atomic mass is 9.92. The minimum atomic E-state index is -0.0730. The van der Waals surface area contributed by atoms with Gasteiger partial charge in [0.05, 0.1) is 0 Å². The molecule has 0 aromatic carbocycles. The van der Waals surface area contributed by atoms with Crippen molar-refractivity contribution in [2.45, 2.75) is 46.1 Å². The number of hydrogen-bond donors (Lipinski definition) is 2. The van der Waals surface area contributed by atoms with Crippen LogP contribution >= 0.6 is 11.6 Å². The zero-order valence-corrected chi connectivity index (χ0v) is 13.0. The Morgan fingerprint density at radius 3 is 2.85 bits per heavy atom. The first-order valence-corrected chi connectivity index (χ1v) is 7.50. The number of rotatable bonds is 4. The fourth-order valence-corrected chi connectivity index (χ4v) is 2.94. The van der Waals surface area contributed by atoms with E-state index in [4.69, 9.17) is 11.6 Å². The van der Waals surface area contributed by atoms with E-state index < -0.39 is 0 Å². The molecule has 1 fully saturated rings. The molecule has 110 valence electrons. The summed E-state index contributed by atoms with van der Waals surface area (Å²) >= 11 is 5.96. The summed E-state index contributed by atoms with van der Waals surface area (Å²) in [6.45, 7) is 7.20. The van der Waals surface area contributed by atoms with E-state index in [1.807, 2.05) is 6.92 Å². The van der Waals surface area contributed by atoms with E-state index in [2.05, 4.69) is 29.5 Å². The van der Waals surface area contributed by atoms with Crippen LogP contribution in [0.4, 0.5) is 5.82 Å². The van der Waals surface area contributed by atoms with Gasteiger partial charge in [0.15, 0.2) is 0 Å². The Bertz CT molecular complexity index is 502. The van der Waals surface area contributed by atoms with Gasteiger partial charge >= 0.3 is 0 Å². The number of amides is 1. The second-order valence-corrected chi connectivity index (χ2v) is 6.56. The second-order valence-electron chi connectivity index (χ2n) is 6.17. The highest BCUT2D eigenvalue weighted by Gasteiger charge is 2.31. The lowest BCUT2D eigenvalue weighted by Crippen LogP contribution is -2.33. The number of halogens is 1. The summed E-state index contributed by atoms with van der Waals surface area (Å²) < 4.78 is 0. The van der Waals surface area contributed by atoms with E-state index in [9.17, 15) is 4.79 Å². The quantitative estimate of drug-likeness (QED) is 0.836. The van der Waals surface area contributed by atoms with Crippen molar-refractivity contribution in [1.82, 2.24) is 10.3 Å². The minimum Gasteiger partial charge on any atom is -0.370 e. The Hall–Kier alpha value is -1.29. The number of hydrogen-bond acceptors (Lipinski definition) is 3. The maximum Gasteiger partial charge on any atom is 0.251 e. The van der Waals surface area contributed by atoms with E-state index >= 15 is 0 Å². The van der Waals surface area contributed by atoms with Gasteiger partial charge in [-0.25, -0.2) is 4.98 Å². The summed E-state index contributed by atoms with van der Waals surface area (Å²) in [7, 11) is 0. The first-order chi connectivity index (χ1) is 9.39. The number of carbonyl (C=O) groups excluding carboxylic acids is 1. The topological polar surface area (TPSA) is 54.0 Å². The molecule has 0 aliphatic heterocycles. The van der Waals surface area contributed by atoms with Gasteiger partial charge < -0.3 is 10.6 Å². The maximum atomic E-state index is 12.3. The van der Waals surface area contributed by atoms with Crippen LogP contribution in [-0.4, -0.2) is 23.5 Å². The van der Waals surface area contributed by atoms with Gasteiger partial charge in [-0.15, -0.1) is 0 Å². The summed E-state index contributed by atoms with van der Waals surface area (Å²) in [6, 6.07) is 3.61. The van der Waals surface area contributed by atoms with Gasteiger partial charge in [-0.2, -0.15) is 0 Å². The van der Waals surface area contributed by atoms with Gasteiger partial charge in [0.25, 0.3) is 5.91 Å². The van der Waals surface area contributed by atoms with Crippen LogP contribution in [0.25, 0.3) is 0 Å². The van der Waals surface area contributed by atoms with Gasteiger partial charge in [0, 0.05) is 18.2 Å². The van der Waals surface area contributed by atoms with Crippen molar-refractivity contribution in [3.8, 4) is 0 Å². The monoisotopic (exact) mass is 295 g/mol. The fourth-order valence-electron chi connectivity index (χ4n) is 2.73. The molecular weight excluding hydrogens is 274 g/mol. The summed E-state index contributed by atoms with van der Waals surface area (Å²) in [4.78, 5) is 16.4. The van der Waals surface area contributed by atoms with Crippen LogP contribution in [0, 0.1) is 5.41 Å². The highest BCUT2D eigenvalue weighted by atomic mass is 35.5. The van der Waals surface area contributed by atoms with Crippen LogP contribution in [0.3, 0.4) is 0 Å². The molecule has 1 unspecified atom stereocenters. The molecule has 1 amide bonds. The first-order valence-electron chi connectivity index (χ1n) is 7.12. The Morgan fingerprint density at radius 1 is 1.50 bits per heavy atom. The van der Waals surface area contributed by atoms with Crippen LogP contribution in [0.1, 0.15) is 50.4 Å². The van der Waals surface area contributed by atoms with Crippen molar-refractivity contribution in [3.05, 3.63) is 22.8 Å². The van der Waals surface area contributed by atoms with Gasteiger partial charge in [0.1, 0.15) is 11.0 Å². The summed E-state index contributed by atoms with van der Waals surface area (Å²) in [6.07, 6.45) is 3.22. The van der Waals surface area contributed by atoms with E-state index in [1.165, 1.54) is 0 Å². The van der Waals surface area contributed by atoms with Crippen molar-refractivity contribution in [1.29, 1.82) is 0 Å². The number of aromatic nitrogens is 1. The van der Waals surface area contributed by atoms with Crippen LogP contribution in [-0.2, 0) is 0 Å². The molecule has 1 aromatic rings. The molecule has 5 heteroatoms. The highest BCUT2D eigenvalue weighted by Crippen LogP contribution is 2.37. The molecule has 1 heterocycles. The molecule has 20 heavy (non-hydrogen) atoms. The maximum absolute atomic E-state index is 12.3. The second kappa shape index (κ2) is 6.00.